The van der Waals surface area contributed by atoms with Gasteiger partial charge in [0, 0.05) is 17.3 Å². The van der Waals surface area contributed by atoms with Crippen molar-refractivity contribution in [3.63, 3.8) is 0 Å². The Labute approximate surface area is 194 Å². The lowest BCUT2D eigenvalue weighted by atomic mass is 10.2. The summed E-state index contributed by atoms with van der Waals surface area (Å²) in [7, 11) is 0. The van der Waals surface area contributed by atoms with Gasteiger partial charge in [-0.15, -0.1) is 0 Å². The molecule has 0 fully saturated rings. The van der Waals surface area contributed by atoms with Crippen LogP contribution >= 0.6 is 0 Å². The summed E-state index contributed by atoms with van der Waals surface area (Å²) in [5.74, 6) is -0.361. The topological polar surface area (TPSA) is 126 Å². The van der Waals surface area contributed by atoms with E-state index in [4.69, 9.17) is 13.9 Å². The molecule has 0 aliphatic carbocycles. The van der Waals surface area contributed by atoms with Gasteiger partial charge in [0.05, 0.1) is 6.61 Å². The minimum atomic E-state index is -0.728. The van der Waals surface area contributed by atoms with E-state index in [1.165, 1.54) is 6.20 Å². The quantitative estimate of drug-likeness (QED) is 0.367. The first kappa shape index (κ1) is 22.4. The summed E-state index contributed by atoms with van der Waals surface area (Å²) >= 11 is 0. The highest BCUT2D eigenvalue weighted by Gasteiger charge is 2.19. The van der Waals surface area contributed by atoms with Crippen LogP contribution < -0.4 is 15.4 Å². The molecule has 0 aliphatic rings. The van der Waals surface area contributed by atoms with Crippen LogP contribution in [0.3, 0.4) is 0 Å². The number of carbonyl (C=O) groups excluding carboxylic acids is 2. The summed E-state index contributed by atoms with van der Waals surface area (Å²) in [4.78, 5) is 29.3. The van der Waals surface area contributed by atoms with Crippen LogP contribution in [0.4, 0.5) is 17.2 Å². The van der Waals surface area contributed by atoms with Crippen molar-refractivity contribution in [3.8, 4) is 11.8 Å². The molecule has 2 aromatic heterocycles. The van der Waals surface area contributed by atoms with E-state index in [2.05, 4.69) is 15.6 Å². The zero-order valence-electron chi connectivity index (χ0n) is 18.2. The molecular formula is C25H20N4O5. The molecule has 1 amide bonds. The molecule has 34 heavy (non-hydrogen) atoms. The zero-order chi connectivity index (χ0) is 23.9. The molecule has 170 valence electrons. The van der Waals surface area contributed by atoms with Crippen molar-refractivity contribution in [2.45, 2.75) is 6.92 Å². The fourth-order valence-corrected chi connectivity index (χ4v) is 3.24. The average molecular weight is 456 g/mol. The number of amides is 1. The van der Waals surface area contributed by atoms with Gasteiger partial charge < -0.3 is 24.5 Å². The number of rotatable bonds is 8. The second-order valence-electron chi connectivity index (χ2n) is 7.02. The number of hydrogen-bond acceptors (Lipinski definition) is 8. The number of hydrogen-bond donors (Lipinski definition) is 2. The summed E-state index contributed by atoms with van der Waals surface area (Å²) in [5.41, 5.74) is 1.56. The number of para-hydroxylation sites is 1. The van der Waals surface area contributed by atoms with Crippen molar-refractivity contribution in [2.24, 2.45) is 0 Å². The highest BCUT2D eigenvalue weighted by Crippen LogP contribution is 2.30. The third-order valence-corrected chi connectivity index (χ3v) is 4.75. The van der Waals surface area contributed by atoms with Crippen LogP contribution in [0.15, 0.2) is 71.3 Å². The van der Waals surface area contributed by atoms with Crippen LogP contribution in [0.1, 0.15) is 23.0 Å². The lowest BCUT2D eigenvalue weighted by Crippen LogP contribution is -2.21. The minimum absolute atomic E-state index is 0.0324. The normalized spacial score (nSPS) is 10.4. The number of aromatic nitrogens is 1. The summed E-state index contributed by atoms with van der Waals surface area (Å²) in [6.07, 6.45) is 1.54. The van der Waals surface area contributed by atoms with Crippen LogP contribution in [0.5, 0.6) is 5.75 Å². The van der Waals surface area contributed by atoms with E-state index < -0.39 is 18.5 Å². The number of pyridine rings is 1. The summed E-state index contributed by atoms with van der Waals surface area (Å²) in [6.45, 7) is 1.91. The van der Waals surface area contributed by atoms with Crippen LogP contribution in [0.25, 0.3) is 11.0 Å². The largest absolute Gasteiger partial charge is 0.494 e. The Morgan fingerprint density at radius 3 is 2.65 bits per heavy atom. The third-order valence-electron chi connectivity index (χ3n) is 4.75. The van der Waals surface area contributed by atoms with Crippen LogP contribution in [0, 0.1) is 11.3 Å². The first-order valence-corrected chi connectivity index (χ1v) is 10.4. The number of benzene rings is 2. The maximum absolute atomic E-state index is 12.7. The van der Waals surface area contributed by atoms with E-state index >= 15 is 0 Å². The van der Waals surface area contributed by atoms with Gasteiger partial charge in [-0.1, -0.05) is 12.1 Å². The number of carbonyl (C=O) groups is 2. The number of nitriles is 1. The average Bonchev–Trinajstić information content (AvgIpc) is 3.21. The summed E-state index contributed by atoms with van der Waals surface area (Å²) in [6, 6.07) is 19.2. The molecule has 4 aromatic rings. The number of anilines is 3. The van der Waals surface area contributed by atoms with Crippen molar-refractivity contribution in [1.82, 2.24) is 4.98 Å². The second-order valence-corrected chi connectivity index (χ2v) is 7.02. The Kier molecular flexibility index (Phi) is 6.70. The molecule has 9 nitrogen and oxygen atoms in total. The molecule has 0 spiro atoms. The van der Waals surface area contributed by atoms with E-state index in [1.54, 1.807) is 60.7 Å². The number of furan rings is 1. The Morgan fingerprint density at radius 2 is 1.88 bits per heavy atom. The van der Waals surface area contributed by atoms with Crippen LogP contribution in [-0.4, -0.2) is 30.1 Å². The molecule has 9 heteroatoms. The predicted molar refractivity (Wildman–Crippen MR) is 125 cm³/mol. The fraction of sp³-hybridized carbons (Fsp3) is 0.120. The monoisotopic (exact) mass is 456 g/mol. The molecule has 2 N–H and O–H groups in total. The summed E-state index contributed by atoms with van der Waals surface area (Å²) < 4.78 is 16.0. The lowest BCUT2D eigenvalue weighted by molar-refractivity contribution is -0.119. The zero-order valence-corrected chi connectivity index (χ0v) is 18.2. The molecule has 2 heterocycles. The van der Waals surface area contributed by atoms with Gasteiger partial charge in [-0.05, 0) is 55.5 Å². The Bertz CT molecular complexity index is 1370. The maximum Gasteiger partial charge on any atom is 0.342 e. The van der Waals surface area contributed by atoms with E-state index in [1.807, 2.05) is 13.0 Å². The molecule has 0 unspecified atom stereocenters. The number of fused-ring (bicyclic) bond motifs is 1. The minimum Gasteiger partial charge on any atom is -0.494 e. The van der Waals surface area contributed by atoms with Gasteiger partial charge in [-0.2, -0.15) is 5.26 Å². The Hall–Kier alpha value is -4.84. The van der Waals surface area contributed by atoms with Crippen molar-refractivity contribution >= 4 is 40.0 Å². The predicted octanol–water partition coefficient (Wildman–Crippen LogP) is 4.64. The molecule has 0 bridgehead atoms. The van der Waals surface area contributed by atoms with Crippen molar-refractivity contribution in [3.05, 3.63) is 78.2 Å². The first-order valence-electron chi connectivity index (χ1n) is 10.4. The van der Waals surface area contributed by atoms with Gasteiger partial charge in [0.2, 0.25) is 5.76 Å². The molecule has 0 aliphatic heterocycles. The van der Waals surface area contributed by atoms with Crippen molar-refractivity contribution in [2.75, 3.05) is 23.8 Å². The standard InChI is InChI=1S/C25H20N4O5/c1-2-32-17-11-9-16(10-12-17)28-24-19(7-5-13-27-24)25(31)33-15-22(30)29-23-18-6-3-4-8-20(18)34-21(23)14-26/h3-13H,2,15H2,1H3,(H,27,28)(H,29,30). The molecule has 0 atom stereocenters. The van der Waals surface area contributed by atoms with Crippen molar-refractivity contribution < 1.29 is 23.5 Å². The summed E-state index contributed by atoms with van der Waals surface area (Å²) in [5, 5.41) is 15.5. The van der Waals surface area contributed by atoms with Crippen LogP contribution in [0.2, 0.25) is 0 Å². The highest BCUT2D eigenvalue weighted by molar-refractivity contribution is 6.04. The van der Waals surface area contributed by atoms with Gasteiger partial charge in [-0.3, -0.25) is 4.79 Å². The lowest BCUT2D eigenvalue weighted by Gasteiger charge is -2.11. The number of ether oxygens (including phenoxy) is 2. The van der Waals surface area contributed by atoms with Gasteiger partial charge in [0.1, 0.15) is 34.5 Å². The SMILES string of the molecule is CCOc1ccc(Nc2ncccc2C(=O)OCC(=O)Nc2c(C#N)oc3ccccc23)cc1. The second kappa shape index (κ2) is 10.2. The number of nitrogens with one attached hydrogen (secondary N) is 2. The highest BCUT2D eigenvalue weighted by atomic mass is 16.5. The Morgan fingerprint density at radius 1 is 1.09 bits per heavy atom. The van der Waals surface area contributed by atoms with Gasteiger partial charge in [-0.25, -0.2) is 9.78 Å². The molecule has 0 saturated heterocycles. The molecular weight excluding hydrogens is 436 g/mol. The maximum atomic E-state index is 12.7. The Balaban J connectivity index is 1.42. The number of esters is 1. The molecule has 2 aromatic carbocycles. The smallest absolute Gasteiger partial charge is 0.342 e. The van der Waals surface area contributed by atoms with E-state index in [-0.39, 0.29) is 22.8 Å². The van der Waals surface area contributed by atoms with Crippen LogP contribution in [-0.2, 0) is 9.53 Å². The van der Waals surface area contributed by atoms with Gasteiger partial charge in [0.25, 0.3) is 5.91 Å². The molecule has 4 rings (SSSR count). The fourth-order valence-electron chi connectivity index (χ4n) is 3.24. The third kappa shape index (κ3) is 4.97. The van der Waals surface area contributed by atoms with Gasteiger partial charge in [0.15, 0.2) is 6.61 Å². The van der Waals surface area contributed by atoms with E-state index in [0.29, 0.717) is 23.3 Å². The van der Waals surface area contributed by atoms with E-state index in [0.717, 1.165) is 5.75 Å². The number of nitrogens with zero attached hydrogens (tertiary/aromatic N) is 2. The molecule has 0 radical (unpaired) electrons. The van der Waals surface area contributed by atoms with E-state index in [9.17, 15) is 14.9 Å². The first-order chi connectivity index (χ1) is 16.6. The van der Waals surface area contributed by atoms with Gasteiger partial charge >= 0.3 is 5.97 Å². The van der Waals surface area contributed by atoms with Crippen molar-refractivity contribution in [1.29, 1.82) is 5.26 Å². The molecule has 0 saturated carbocycles.